The molecular weight excluding hydrogens is 294 g/mol. The van der Waals surface area contributed by atoms with E-state index >= 15 is 0 Å². The Labute approximate surface area is 130 Å². The van der Waals surface area contributed by atoms with Gasteiger partial charge >= 0.3 is 0 Å². The predicted octanol–water partition coefficient (Wildman–Crippen LogP) is 1.35. The van der Waals surface area contributed by atoms with E-state index in [4.69, 9.17) is 0 Å². The van der Waals surface area contributed by atoms with Crippen LogP contribution < -0.4 is 5.32 Å². The molecule has 1 fully saturated rings. The Balaban J connectivity index is 0.00000147. The number of nitrogens with zero attached hydrogens (tertiary/aromatic N) is 2. The zero-order valence-electron chi connectivity index (χ0n) is 11.8. The van der Waals surface area contributed by atoms with Gasteiger partial charge in [-0.1, -0.05) is 0 Å². The molecule has 0 unspecified atom stereocenters. The van der Waals surface area contributed by atoms with Crippen molar-refractivity contribution in [3.05, 3.63) is 21.9 Å². The highest BCUT2D eigenvalue weighted by atomic mass is 35.5. The number of piperazine rings is 1. The number of carbonyl (C=O) groups is 1. The Kier molecular flexibility index (Phi) is 5.43. The second-order valence-electron chi connectivity index (χ2n) is 5.46. The number of fused-ring (bicyclic) bond motifs is 1. The zero-order valence-corrected chi connectivity index (χ0v) is 13.4. The molecule has 4 nitrogen and oxygen atoms in total. The molecule has 1 aromatic rings. The number of thiophene rings is 1. The number of halogens is 1. The van der Waals surface area contributed by atoms with Crippen molar-refractivity contribution in [3.8, 4) is 0 Å². The molecule has 3 heterocycles. The molecule has 0 saturated carbocycles. The minimum Gasteiger partial charge on any atom is -0.337 e. The molecule has 20 heavy (non-hydrogen) atoms. The molecule has 1 atom stereocenters. The van der Waals surface area contributed by atoms with Gasteiger partial charge in [0, 0.05) is 43.6 Å². The molecule has 1 N–H and O–H groups in total. The molecule has 1 amide bonds. The Morgan fingerprint density at radius 1 is 1.50 bits per heavy atom. The number of rotatable bonds is 2. The molecular formula is C14H22ClN3OS. The number of hydrogen-bond acceptors (Lipinski definition) is 4. The largest absolute Gasteiger partial charge is 0.337 e. The number of hydrogen-bond donors (Lipinski definition) is 1. The lowest BCUT2D eigenvalue weighted by Crippen LogP contribution is -2.53. The molecule has 0 radical (unpaired) electrons. The molecule has 6 heteroatoms. The van der Waals surface area contributed by atoms with Crippen LogP contribution in [0.25, 0.3) is 0 Å². The fraction of sp³-hybridized carbons (Fsp3) is 0.643. The van der Waals surface area contributed by atoms with E-state index in [-0.39, 0.29) is 18.3 Å². The Hall–Kier alpha value is -0.620. The van der Waals surface area contributed by atoms with Gasteiger partial charge in [0.05, 0.1) is 6.54 Å². The number of carbonyl (C=O) groups excluding carboxylic acids is 1. The standard InChI is InChI=1S/C14H21N3OS.ClH/c1-11-8-15-4-6-16(11)10-14(18)17-5-2-13-12(9-17)3-7-19-13;/h3,7,11,15H,2,4-6,8-10H2,1H3;1H/t11-;/m1./s1. The van der Waals surface area contributed by atoms with Crippen LogP contribution in [-0.4, -0.2) is 54.5 Å². The van der Waals surface area contributed by atoms with Crippen LogP contribution >= 0.6 is 23.7 Å². The van der Waals surface area contributed by atoms with E-state index in [1.165, 1.54) is 10.4 Å². The van der Waals surface area contributed by atoms with Gasteiger partial charge in [-0.15, -0.1) is 23.7 Å². The molecule has 0 spiro atoms. The molecule has 3 rings (SSSR count). The van der Waals surface area contributed by atoms with Gasteiger partial charge in [0.25, 0.3) is 0 Å². The first kappa shape index (κ1) is 15.8. The van der Waals surface area contributed by atoms with Gasteiger partial charge in [-0.05, 0) is 30.4 Å². The lowest BCUT2D eigenvalue weighted by atomic mass is 10.1. The predicted molar refractivity (Wildman–Crippen MR) is 84.6 cm³/mol. The maximum Gasteiger partial charge on any atom is 0.237 e. The number of amides is 1. The highest BCUT2D eigenvalue weighted by molar-refractivity contribution is 7.10. The first-order valence-electron chi connectivity index (χ1n) is 7.02. The van der Waals surface area contributed by atoms with Crippen molar-refractivity contribution in [1.29, 1.82) is 0 Å². The van der Waals surface area contributed by atoms with Crippen molar-refractivity contribution in [1.82, 2.24) is 15.1 Å². The average molecular weight is 316 g/mol. The summed E-state index contributed by atoms with van der Waals surface area (Å²) in [7, 11) is 0. The molecule has 0 aliphatic carbocycles. The Morgan fingerprint density at radius 2 is 2.35 bits per heavy atom. The first-order valence-corrected chi connectivity index (χ1v) is 7.90. The minimum atomic E-state index is 0. The van der Waals surface area contributed by atoms with Crippen molar-refractivity contribution < 1.29 is 4.79 Å². The summed E-state index contributed by atoms with van der Waals surface area (Å²) in [6.45, 7) is 7.40. The maximum absolute atomic E-state index is 12.4. The van der Waals surface area contributed by atoms with Crippen molar-refractivity contribution >= 4 is 29.7 Å². The Morgan fingerprint density at radius 3 is 3.15 bits per heavy atom. The molecule has 1 saturated heterocycles. The molecule has 0 aromatic carbocycles. The van der Waals surface area contributed by atoms with Crippen molar-refractivity contribution in [2.45, 2.75) is 25.9 Å². The average Bonchev–Trinajstić information content (AvgIpc) is 2.88. The zero-order chi connectivity index (χ0) is 13.2. The van der Waals surface area contributed by atoms with Gasteiger partial charge in [0.2, 0.25) is 5.91 Å². The third kappa shape index (κ3) is 3.34. The van der Waals surface area contributed by atoms with E-state index in [2.05, 4.69) is 28.6 Å². The fourth-order valence-electron chi connectivity index (χ4n) is 2.85. The van der Waals surface area contributed by atoms with E-state index in [1.54, 1.807) is 0 Å². The Bertz CT molecular complexity index is 465. The lowest BCUT2D eigenvalue weighted by molar-refractivity contribution is -0.134. The summed E-state index contributed by atoms with van der Waals surface area (Å²) in [5.74, 6) is 0.283. The minimum absolute atomic E-state index is 0. The van der Waals surface area contributed by atoms with Crippen LogP contribution in [0.5, 0.6) is 0 Å². The summed E-state index contributed by atoms with van der Waals surface area (Å²) < 4.78 is 0. The highest BCUT2D eigenvalue weighted by Gasteiger charge is 2.25. The molecule has 1 aromatic heterocycles. The van der Waals surface area contributed by atoms with Crippen molar-refractivity contribution in [2.24, 2.45) is 0 Å². The highest BCUT2D eigenvalue weighted by Crippen LogP contribution is 2.24. The van der Waals surface area contributed by atoms with Gasteiger partial charge in [-0.25, -0.2) is 0 Å². The first-order chi connectivity index (χ1) is 9.24. The lowest BCUT2D eigenvalue weighted by Gasteiger charge is -2.35. The molecule has 2 aliphatic heterocycles. The monoisotopic (exact) mass is 315 g/mol. The van der Waals surface area contributed by atoms with Crippen molar-refractivity contribution in [3.63, 3.8) is 0 Å². The quantitative estimate of drug-likeness (QED) is 0.895. The van der Waals surface area contributed by atoms with E-state index < -0.39 is 0 Å². The summed E-state index contributed by atoms with van der Waals surface area (Å²) in [4.78, 5) is 18.2. The second kappa shape index (κ2) is 6.89. The van der Waals surface area contributed by atoms with Crippen LogP contribution in [0.2, 0.25) is 0 Å². The van der Waals surface area contributed by atoms with Crippen LogP contribution in [0.15, 0.2) is 11.4 Å². The summed E-state index contributed by atoms with van der Waals surface area (Å²) in [6, 6.07) is 2.62. The third-order valence-electron chi connectivity index (χ3n) is 4.14. The van der Waals surface area contributed by atoms with E-state index in [1.807, 2.05) is 16.2 Å². The summed E-state index contributed by atoms with van der Waals surface area (Å²) in [6.07, 6.45) is 1.02. The van der Waals surface area contributed by atoms with Gasteiger partial charge < -0.3 is 10.2 Å². The molecule has 112 valence electrons. The fourth-order valence-corrected chi connectivity index (χ4v) is 3.74. The SMILES string of the molecule is C[C@@H]1CNCCN1CC(=O)N1CCc2sccc2C1.Cl. The van der Waals surface area contributed by atoms with Crippen LogP contribution in [0.1, 0.15) is 17.4 Å². The van der Waals surface area contributed by atoms with E-state index in [0.29, 0.717) is 12.6 Å². The van der Waals surface area contributed by atoms with Gasteiger partial charge in [0.15, 0.2) is 0 Å². The van der Waals surface area contributed by atoms with Crippen LogP contribution in [0.4, 0.5) is 0 Å². The van der Waals surface area contributed by atoms with Crippen LogP contribution in [0, 0.1) is 0 Å². The van der Waals surface area contributed by atoms with Crippen LogP contribution in [0.3, 0.4) is 0 Å². The van der Waals surface area contributed by atoms with Gasteiger partial charge in [-0.2, -0.15) is 0 Å². The smallest absolute Gasteiger partial charge is 0.237 e. The van der Waals surface area contributed by atoms with E-state index in [9.17, 15) is 4.79 Å². The summed E-state index contributed by atoms with van der Waals surface area (Å²) in [5.41, 5.74) is 1.35. The van der Waals surface area contributed by atoms with Gasteiger partial charge in [-0.3, -0.25) is 9.69 Å². The summed E-state index contributed by atoms with van der Waals surface area (Å²) >= 11 is 1.82. The van der Waals surface area contributed by atoms with Gasteiger partial charge in [0.1, 0.15) is 0 Å². The van der Waals surface area contributed by atoms with E-state index in [0.717, 1.165) is 39.1 Å². The maximum atomic E-state index is 12.4. The number of nitrogens with one attached hydrogen (secondary N) is 1. The second-order valence-corrected chi connectivity index (χ2v) is 6.46. The topological polar surface area (TPSA) is 35.6 Å². The molecule has 0 bridgehead atoms. The van der Waals surface area contributed by atoms with Crippen molar-refractivity contribution in [2.75, 3.05) is 32.7 Å². The normalized spacial score (nSPS) is 23.1. The summed E-state index contributed by atoms with van der Waals surface area (Å²) in [5, 5.41) is 5.50. The van der Waals surface area contributed by atoms with Crippen LogP contribution in [-0.2, 0) is 17.8 Å². The molecule has 2 aliphatic rings. The third-order valence-corrected chi connectivity index (χ3v) is 5.16.